The number of aryl methyl sites for hydroxylation is 1. The first-order valence-corrected chi connectivity index (χ1v) is 10.2. The molecule has 1 atom stereocenters. The lowest BCUT2D eigenvalue weighted by molar-refractivity contribution is -0.139. The van der Waals surface area contributed by atoms with Gasteiger partial charge in [0.25, 0.3) is 11.7 Å². The van der Waals surface area contributed by atoms with Gasteiger partial charge in [-0.1, -0.05) is 6.07 Å². The molecule has 2 aliphatic rings. The summed E-state index contributed by atoms with van der Waals surface area (Å²) in [5.41, 5.74) is 1.06. The lowest BCUT2D eigenvalue weighted by Gasteiger charge is -2.25. The molecule has 4 heterocycles. The van der Waals surface area contributed by atoms with Crippen LogP contribution in [0.15, 0.2) is 67.0 Å². The lowest BCUT2D eigenvalue weighted by Crippen LogP contribution is -2.31. The van der Waals surface area contributed by atoms with E-state index >= 15 is 0 Å². The Morgan fingerprint density at radius 2 is 1.97 bits per heavy atom. The Kier molecular flexibility index (Phi) is 5.06. The minimum atomic E-state index is -0.739. The molecule has 1 fully saturated rings. The van der Waals surface area contributed by atoms with Crippen LogP contribution >= 0.6 is 0 Å². The van der Waals surface area contributed by atoms with Gasteiger partial charge in [-0.2, -0.15) is 0 Å². The molecule has 162 valence electrons. The van der Waals surface area contributed by atoms with Crippen LogP contribution in [-0.2, 0) is 16.1 Å². The maximum absolute atomic E-state index is 13.0. The predicted molar refractivity (Wildman–Crippen MR) is 113 cm³/mol. The Morgan fingerprint density at radius 1 is 1.09 bits per heavy atom. The molecule has 2 aliphatic heterocycles. The number of benzene rings is 1. The summed E-state index contributed by atoms with van der Waals surface area (Å²) < 4.78 is 12.6. The van der Waals surface area contributed by atoms with E-state index in [1.54, 1.807) is 55.2 Å². The summed E-state index contributed by atoms with van der Waals surface area (Å²) in [4.78, 5) is 35.7. The molecule has 0 radical (unpaired) electrons. The summed E-state index contributed by atoms with van der Waals surface area (Å²) in [6.45, 7) is 1.07. The van der Waals surface area contributed by atoms with Crippen molar-refractivity contribution in [1.82, 2.24) is 19.4 Å². The van der Waals surface area contributed by atoms with Crippen molar-refractivity contribution in [3.8, 4) is 11.5 Å². The highest BCUT2D eigenvalue weighted by Gasteiger charge is 2.46. The number of hydrogen-bond donors (Lipinski definition) is 1. The molecule has 0 aliphatic carbocycles. The SMILES string of the molecule is O=C1C(=O)N(CCCn2ccnc2)C(c2cccnc2)/C1=C(/O)c1ccc2c(c1)OCO2. The van der Waals surface area contributed by atoms with Gasteiger partial charge in [0.05, 0.1) is 17.9 Å². The van der Waals surface area contributed by atoms with Crippen LogP contribution in [0.4, 0.5) is 0 Å². The highest BCUT2D eigenvalue weighted by Crippen LogP contribution is 2.41. The molecule has 1 amide bonds. The van der Waals surface area contributed by atoms with Gasteiger partial charge in [0, 0.05) is 43.4 Å². The summed E-state index contributed by atoms with van der Waals surface area (Å²) in [7, 11) is 0. The van der Waals surface area contributed by atoms with Crippen molar-refractivity contribution >= 4 is 17.4 Å². The van der Waals surface area contributed by atoms with Crippen molar-refractivity contribution < 1.29 is 24.2 Å². The van der Waals surface area contributed by atoms with Gasteiger partial charge in [-0.25, -0.2) is 4.98 Å². The second-order valence-corrected chi connectivity index (χ2v) is 7.50. The van der Waals surface area contributed by atoms with Gasteiger partial charge >= 0.3 is 0 Å². The molecule has 9 heteroatoms. The van der Waals surface area contributed by atoms with Crippen molar-refractivity contribution in [3.63, 3.8) is 0 Å². The monoisotopic (exact) mass is 432 g/mol. The number of ether oxygens (including phenoxy) is 2. The largest absolute Gasteiger partial charge is 0.507 e. The topological polar surface area (TPSA) is 107 Å². The minimum absolute atomic E-state index is 0.0319. The molecule has 2 aromatic heterocycles. The fourth-order valence-electron chi connectivity index (χ4n) is 4.04. The Bertz CT molecular complexity index is 1190. The summed E-state index contributed by atoms with van der Waals surface area (Å²) in [6, 6.07) is 7.69. The van der Waals surface area contributed by atoms with Crippen molar-refractivity contribution in [2.24, 2.45) is 0 Å². The van der Waals surface area contributed by atoms with Crippen LogP contribution in [0, 0.1) is 0 Å². The quantitative estimate of drug-likeness (QED) is 0.362. The van der Waals surface area contributed by atoms with E-state index in [0.717, 1.165) is 0 Å². The number of pyridine rings is 1. The number of aliphatic hydroxyl groups is 1. The van der Waals surface area contributed by atoms with Gasteiger partial charge in [-0.15, -0.1) is 0 Å². The molecular weight excluding hydrogens is 412 g/mol. The Morgan fingerprint density at radius 3 is 2.75 bits per heavy atom. The Labute approximate surface area is 183 Å². The second kappa shape index (κ2) is 8.18. The number of imidazole rings is 1. The number of carbonyl (C=O) groups is 2. The molecule has 0 spiro atoms. The number of carbonyl (C=O) groups excluding carboxylic acids is 2. The van der Waals surface area contributed by atoms with Crippen LogP contribution in [0.5, 0.6) is 11.5 Å². The van der Waals surface area contributed by atoms with Crippen LogP contribution in [0.25, 0.3) is 5.76 Å². The van der Waals surface area contributed by atoms with Crippen LogP contribution in [-0.4, -0.2) is 49.6 Å². The van der Waals surface area contributed by atoms with E-state index in [1.807, 2.05) is 10.8 Å². The fourth-order valence-corrected chi connectivity index (χ4v) is 4.04. The van der Waals surface area contributed by atoms with Gasteiger partial charge in [0.1, 0.15) is 5.76 Å². The highest BCUT2D eigenvalue weighted by atomic mass is 16.7. The number of aliphatic hydroxyl groups excluding tert-OH is 1. The average Bonchev–Trinajstić information content (AvgIpc) is 3.55. The number of ketones is 1. The number of amides is 1. The molecule has 3 aromatic rings. The van der Waals surface area contributed by atoms with Gasteiger partial charge in [0.15, 0.2) is 11.5 Å². The van der Waals surface area contributed by atoms with Crippen LogP contribution in [0.1, 0.15) is 23.6 Å². The summed E-state index contributed by atoms with van der Waals surface area (Å²) in [5.74, 6) is -0.595. The summed E-state index contributed by atoms with van der Waals surface area (Å²) in [6.07, 6.45) is 9.06. The van der Waals surface area contributed by atoms with E-state index in [-0.39, 0.29) is 18.1 Å². The van der Waals surface area contributed by atoms with E-state index in [2.05, 4.69) is 9.97 Å². The van der Waals surface area contributed by atoms with Crippen LogP contribution in [0.3, 0.4) is 0 Å². The molecule has 1 N–H and O–H groups in total. The zero-order valence-corrected chi connectivity index (χ0v) is 17.0. The van der Waals surface area contributed by atoms with E-state index in [4.69, 9.17) is 9.47 Å². The van der Waals surface area contributed by atoms with Gasteiger partial charge in [-0.05, 0) is 36.2 Å². The fraction of sp³-hybridized carbons (Fsp3) is 0.217. The Hall–Kier alpha value is -4.14. The van der Waals surface area contributed by atoms with Gasteiger partial charge in [0.2, 0.25) is 6.79 Å². The molecule has 1 saturated heterocycles. The van der Waals surface area contributed by atoms with Crippen LogP contribution in [0.2, 0.25) is 0 Å². The van der Waals surface area contributed by atoms with E-state index in [9.17, 15) is 14.7 Å². The number of hydrogen-bond acceptors (Lipinski definition) is 7. The van der Waals surface area contributed by atoms with Crippen molar-refractivity contribution in [1.29, 1.82) is 0 Å². The summed E-state index contributed by atoms with van der Waals surface area (Å²) >= 11 is 0. The third kappa shape index (κ3) is 3.47. The number of likely N-dealkylation sites (tertiary alicyclic amines) is 1. The molecule has 9 nitrogen and oxygen atoms in total. The first kappa shape index (κ1) is 19.8. The maximum atomic E-state index is 13.0. The molecule has 1 unspecified atom stereocenters. The highest BCUT2D eigenvalue weighted by molar-refractivity contribution is 6.46. The van der Waals surface area contributed by atoms with E-state index in [1.165, 1.54) is 4.90 Å². The molecule has 0 saturated carbocycles. The first-order valence-electron chi connectivity index (χ1n) is 10.2. The third-order valence-electron chi connectivity index (χ3n) is 5.56. The molecular formula is C23H20N4O5. The number of Topliss-reactive ketones (excluding diaryl/α,β-unsaturated/α-hetero) is 1. The molecule has 1 aromatic carbocycles. The number of aromatic nitrogens is 3. The average molecular weight is 432 g/mol. The van der Waals surface area contributed by atoms with Gasteiger partial charge in [-0.3, -0.25) is 14.6 Å². The molecule has 0 bridgehead atoms. The van der Waals surface area contributed by atoms with Crippen molar-refractivity contribution in [2.75, 3.05) is 13.3 Å². The number of fused-ring (bicyclic) bond motifs is 1. The standard InChI is InChI=1S/C23H20N4O5/c28-21(15-4-5-17-18(11-15)32-14-31-17)19-20(16-3-1-6-24-12-16)27(23(30)22(19)29)9-2-8-26-10-7-25-13-26/h1,3-7,10-13,20,28H,2,8-9,14H2/b21-19-. The summed E-state index contributed by atoms with van der Waals surface area (Å²) in [5, 5.41) is 11.1. The number of nitrogens with zero attached hydrogens (tertiary/aromatic N) is 4. The van der Waals surface area contributed by atoms with Crippen molar-refractivity contribution in [2.45, 2.75) is 19.0 Å². The second-order valence-electron chi connectivity index (χ2n) is 7.50. The van der Waals surface area contributed by atoms with Crippen LogP contribution < -0.4 is 9.47 Å². The smallest absolute Gasteiger partial charge is 0.295 e. The zero-order valence-electron chi connectivity index (χ0n) is 17.0. The normalized spacial score (nSPS) is 19.0. The number of rotatable bonds is 6. The third-order valence-corrected chi connectivity index (χ3v) is 5.56. The lowest BCUT2D eigenvalue weighted by atomic mass is 9.96. The first-order chi connectivity index (χ1) is 15.6. The Balaban J connectivity index is 1.52. The van der Waals surface area contributed by atoms with Gasteiger partial charge < -0.3 is 24.0 Å². The maximum Gasteiger partial charge on any atom is 0.295 e. The minimum Gasteiger partial charge on any atom is -0.507 e. The molecule has 5 rings (SSSR count). The zero-order chi connectivity index (χ0) is 22.1. The van der Waals surface area contributed by atoms with Crippen molar-refractivity contribution in [3.05, 3.63) is 78.1 Å². The predicted octanol–water partition coefficient (Wildman–Crippen LogP) is 2.52. The van der Waals surface area contributed by atoms with E-state index < -0.39 is 17.7 Å². The van der Waals surface area contributed by atoms with E-state index in [0.29, 0.717) is 42.1 Å². The molecule has 32 heavy (non-hydrogen) atoms.